The quantitative estimate of drug-likeness (QED) is 0.272. The fourth-order valence-electron chi connectivity index (χ4n) is 0.375. The molecule has 0 aromatic rings. The average molecular weight is 256 g/mol. The van der Waals surface area contributed by atoms with Gasteiger partial charge in [-0.15, -0.1) is 0 Å². The lowest BCUT2D eigenvalue weighted by Gasteiger charge is -2.14. The normalized spacial score (nSPS) is 12.2. The molecule has 0 rings (SSSR count). The molecular weight excluding hydrogens is 235 g/mol. The molecule has 0 heterocycles. The Balaban J connectivity index is 0. The van der Waals surface area contributed by atoms with Crippen molar-refractivity contribution in [3.63, 3.8) is 0 Å². The van der Waals surface area contributed by atoms with Crippen LogP contribution < -0.4 is 0 Å². The molecule has 0 aliphatic rings. The predicted molar refractivity (Wildman–Crippen MR) is 63.3 cm³/mol. The lowest BCUT2D eigenvalue weighted by molar-refractivity contribution is -0.564. The minimum absolute atomic E-state index is 0.0283. The number of rotatable bonds is 0. The second kappa shape index (κ2) is 6.19. The Kier molecular flexibility index (Phi) is 6.75. The number of hydrogen-bond donors (Lipinski definition) is 0. The Morgan fingerprint density at radius 3 is 1.41 bits per heavy atom. The summed E-state index contributed by atoms with van der Waals surface area (Å²) in [6.07, 6.45) is 0. The highest BCUT2D eigenvalue weighted by Gasteiger charge is 2.20. The third-order valence-electron chi connectivity index (χ3n) is 1.54. The summed E-state index contributed by atoms with van der Waals surface area (Å²) in [7, 11) is -4.00. The number of hydrogen-bond acceptors (Lipinski definition) is 1. The third-order valence-corrected chi connectivity index (χ3v) is 1.54. The first-order valence-corrected chi connectivity index (χ1v) is 5.21. The molecule has 0 bridgehead atoms. The average Bonchev–Trinajstić information content (AvgIpc) is 1.93. The molecule has 0 saturated carbocycles. The zero-order chi connectivity index (χ0) is 14.5. The minimum atomic E-state index is -6.00. The molecule has 0 spiro atoms. The van der Waals surface area contributed by atoms with Crippen molar-refractivity contribution >= 4 is 13.3 Å². The summed E-state index contributed by atoms with van der Waals surface area (Å²) in [6.45, 7) is 12.6. The second-order valence-electron chi connectivity index (χ2n) is 5.61. The Morgan fingerprint density at radius 1 is 0.941 bits per heavy atom. The lowest BCUT2D eigenvalue weighted by Crippen LogP contribution is -2.29. The number of aliphatic imine (C=N–C) groups is 1. The molecule has 0 aromatic carbocycles. The maximum Gasteiger partial charge on any atom is 0.673 e. The Labute approximate surface area is 101 Å². The first kappa shape index (κ1) is 18.5. The van der Waals surface area contributed by atoms with Crippen molar-refractivity contribution in [3.05, 3.63) is 0 Å². The van der Waals surface area contributed by atoms with E-state index in [9.17, 15) is 17.3 Å². The summed E-state index contributed by atoms with van der Waals surface area (Å²) in [5.74, 6) is 0. The van der Waals surface area contributed by atoms with Gasteiger partial charge in [-0.05, 0) is 46.5 Å². The van der Waals surface area contributed by atoms with Crippen molar-refractivity contribution in [2.24, 2.45) is 4.99 Å². The van der Waals surface area contributed by atoms with Crippen LogP contribution in [0.2, 0.25) is 0 Å². The topological polar surface area (TPSA) is 15.4 Å². The molecule has 0 atom stereocenters. The maximum absolute atomic E-state index is 9.75. The van der Waals surface area contributed by atoms with Gasteiger partial charge in [-0.1, -0.05) is 0 Å². The smallest absolute Gasteiger partial charge is 0.418 e. The van der Waals surface area contributed by atoms with Crippen molar-refractivity contribution in [1.82, 2.24) is 0 Å². The van der Waals surface area contributed by atoms with Crippen molar-refractivity contribution in [1.29, 1.82) is 0 Å². The molecule has 0 fully saturated rings. The summed E-state index contributed by atoms with van der Waals surface area (Å²) >= 11 is 0. The van der Waals surface area contributed by atoms with Crippen LogP contribution in [0.4, 0.5) is 17.3 Å². The zero-order valence-corrected chi connectivity index (χ0v) is 11.5. The standard InChI is InChI=1S/C10H21N2.BF4/c1-9(2,3)11-8-12(7)10(4,5)6;2-1(3,4)5/h1-7H3;/q+1;-1. The fraction of sp³-hybridized carbons (Fsp3) is 0.900. The van der Waals surface area contributed by atoms with Crippen LogP contribution in [0.1, 0.15) is 41.5 Å². The molecule has 0 amide bonds. The molecule has 102 valence electrons. The van der Waals surface area contributed by atoms with Crippen molar-refractivity contribution in [2.75, 3.05) is 7.05 Å². The SMILES string of the molecule is C[N+](=C=NC(C)(C)C)C(C)(C)C.F[B-](F)(F)F. The summed E-state index contributed by atoms with van der Waals surface area (Å²) in [5, 5.41) is 0. The van der Waals surface area contributed by atoms with Crippen LogP contribution >= 0.6 is 0 Å². The van der Waals surface area contributed by atoms with E-state index in [0.29, 0.717) is 0 Å². The van der Waals surface area contributed by atoms with E-state index in [1.54, 1.807) is 0 Å². The van der Waals surface area contributed by atoms with E-state index in [2.05, 4.69) is 52.5 Å². The highest BCUT2D eigenvalue weighted by molar-refractivity contribution is 6.50. The first-order valence-electron chi connectivity index (χ1n) is 5.21. The van der Waals surface area contributed by atoms with Gasteiger partial charge < -0.3 is 17.3 Å². The summed E-state index contributed by atoms with van der Waals surface area (Å²) in [6, 6.07) is 3.02. The summed E-state index contributed by atoms with van der Waals surface area (Å²) in [4.78, 5) is 4.30. The highest BCUT2D eigenvalue weighted by Crippen LogP contribution is 2.07. The van der Waals surface area contributed by atoms with Gasteiger partial charge in [0.1, 0.15) is 5.54 Å². The van der Waals surface area contributed by atoms with Gasteiger partial charge in [0.05, 0.1) is 7.05 Å². The summed E-state index contributed by atoms with van der Waals surface area (Å²) < 4.78 is 41.0. The molecule has 0 saturated heterocycles. The second-order valence-corrected chi connectivity index (χ2v) is 5.61. The third kappa shape index (κ3) is 21.1. The molecule has 0 radical (unpaired) electrons. The maximum atomic E-state index is 9.75. The molecule has 0 unspecified atom stereocenters. The monoisotopic (exact) mass is 256 g/mol. The molecule has 0 N–H and O–H groups in total. The Bertz CT molecular complexity index is 285. The molecule has 0 aliphatic heterocycles. The molecule has 7 heteroatoms. The minimum Gasteiger partial charge on any atom is -0.418 e. The van der Waals surface area contributed by atoms with Crippen LogP contribution in [0.15, 0.2) is 4.99 Å². The molecule has 0 aromatic heterocycles. The van der Waals surface area contributed by atoms with Crippen molar-refractivity contribution < 1.29 is 21.8 Å². The van der Waals surface area contributed by atoms with Gasteiger partial charge in [-0.25, -0.2) is 4.58 Å². The van der Waals surface area contributed by atoms with Crippen LogP contribution in [-0.2, 0) is 0 Å². The number of halogens is 4. The van der Waals surface area contributed by atoms with Crippen LogP contribution in [0.3, 0.4) is 0 Å². The predicted octanol–water partition coefficient (Wildman–Crippen LogP) is 3.70. The van der Waals surface area contributed by atoms with Crippen LogP contribution in [0.25, 0.3) is 0 Å². The van der Waals surface area contributed by atoms with Gasteiger partial charge in [0.15, 0.2) is 5.54 Å². The first-order chi connectivity index (χ1) is 7.13. The lowest BCUT2D eigenvalue weighted by atomic mass is 10.1. The van der Waals surface area contributed by atoms with Gasteiger partial charge in [-0.3, -0.25) is 0 Å². The highest BCUT2D eigenvalue weighted by atomic mass is 19.5. The van der Waals surface area contributed by atoms with E-state index in [1.807, 2.05) is 11.6 Å². The van der Waals surface area contributed by atoms with E-state index in [-0.39, 0.29) is 11.1 Å². The largest absolute Gasteiger partial charge is 0.673 e. The van der Waals surface area contributed by atoms with E-state index in [4.69, 9.17) is 0 Å². The van der Waals surface area contributed by atoms with Crippen LogP contribution in [-0.4, -0.2) is 36.0 Å². The van der Waals surface area contributed by atoms with Crippen molar-refractivity contribution in [3.8, 4) is 0 Å². The van der Waals surface area contributed by atoms with Crippen LogP contribution in [0.5, 0.6) is 0 Å². The molecule has 2 nitrogen and oxygen atoms in total. The number of nitrogens with zero attached hydrogens (tertiary/aromatic N) is 2. The van der Waals surface area contributed by atoms with Gasteiger partial charge in [0.25, 0.3) is 0 Å². The Morgan fingerprint density at radius 2 is 1.24 bits per heavy atom. The van der Waals surface area contributed by atoms with Crippen molar-refractivity contribution in [2.45, 2.75) is 52.6 Å². The molecule has 17 heavy (non-hydrogen) atoms. The molecular formula is C10H21BF4N2. The van der Waals surface area contributed by atoms with Gasteiger partial charge in [0, 0.05) is 0 Å². The van der Waals surface area contributed by atoms with Gasteiger partial charge in [0.2, 0.25) is 0 Å². The zero-order valence-electron chi connectivity index (χ0n) is 11.5. The van der Waals surface area contributed by atoms with E-state index >= 15 is 0 Å². The van der Waals surface area contributed by atoms with E-state index in [0.717, 1.165) is 0 Å². The van der Waals surface area contributed by atoms with Gasteiger partial charge in [-0.2, -0.15) is 0 Å². The van der Waals surface area contributed by atoms with E-state index < -0.39 is 7.25 Å². The summed E-state index contributed by atoms with van der Waals surface area (Å²) in [5.41, 5.74) is 0.0776. The van der Waals surface area contributed by atoms with Crippen LogP contribution in [0, 0.1) is 0 Å². The fourth-order valence-corrected chi connectivity index (χ4v) is 0.375. The molecule has 0 aliphatic carbocycles. The van der Waals surface area contributed by atoms with E-state index in [1.165, 1.54) is 0 Å². The Hall–Kier alpha value is -0.835. The van der Waals surface area contributed by atoms with Gasteiger partial charge >= 0.3 is 13.3 Å².